The molecule has 2 N–H and O–H groups in total. The van der Waals surface area contributed by atoms with E-state index in [1.165, 1.54) is 0 Å². The van der Waals surface area contributed by atoms with Gasteiger partial charge in [-0.3, -0.25) is 9.59 Å². The second-order valence-electron chi connectivity index (χ2n) is 6.43. The Kier molecular flexibility index (Phi) is 5.03. The molecule has 2 aromatic rings. The summed E-state index contributed by atoms with van der Waals surface area (Å²) in [6.45, 7) is 3.90. The lowest BCUT2D eigenvalue weighted by Crippen LogP contribution is -2.25. The molecule has 5 nitrogen and oxygen atoms in total. The second kappa shape index (κ2) is 7.38. The highest BCUT2D eigenvalue weighted by molar-refractivity contribution is 5.96. The maximum Gasteiger partial charge on any atom is 0.262 e. The van der Waals surface area contributed by atoms with Crippen LogP contribution >= 0.6 is 0 Å². The van der Waals surface area contributed by atoms with Crippen molar-refractivity contribution >= 4 is 17.5 Å². The summed E-state index contributed by atoms with van der Waals surface area (Å²) in [5.74, 6) is 0.390. The normalized spacial score (nSPS) is 13.2. The fourth-order valence-corrected chi connectivity index (χ4v) is 2.50. The van der Waals surface area contributed by atoms with Gasteiger partial charge < -0.3 is 15.4 Å². The minimum atomic E-state index is -0.241. The highest BCUT2D eigenvalue weighted by Crippen LogP contribution is 2.20. The number of hydrogen-bond donors (Lipinski definition) is 2. The molecule has 130 valence electrons. The first-order valence-electron chi connectivity index (χ1n) is 8.42. The monoisotopic (exact) mass is 338 g/mol. The molecule has 2 amide bonds. The van der Waals surface area contributed by atoms with Gasteiger partial charge in [0.25, 0.3) is 11.8 Å². The van der Waals surface area contributed by atoms with E-state index in [2.05, 4.69) is 10.6 Å². The smallest absolute Gasteiger partial charge is 0.262 e. The average molecular weight is 338 g/mol. The molecular weight excluding hydrogens is 316 g/mol. The van der Waals surface area contributed by atoms with E-state index in [-0.39, 0.29) is 18.4 Å². The standard InChI is InChI=1S/C20H22N2O3/c1-13-3-10-18(14(2)11-13)25-12-19(23)21-16-6-4-15(5-7-16)20(24)22-17-8-9-17/h3-7,10-11,17H,8-9,12H2,1-2H3,(H,21,23)(H,22,24). The van der Waals surface area contributed by atoms with Crippen molar-refractivity contribution in [2.45, 2.75) is 32.7 Å². The first-order chi connectivity index (χ1) is 12.0. The summed E-state index contributed by atoms with van der Waals surface area (Å²) in [5.41, 5.74) is 3.38. The van der Waals surface area contributed by atoms with Crippen molar-refractivity contribution in [1.82, 2.24) is 5.32 Å². The summed E-state index contributed by atoms with van der Waals surface area (Å²) in [6.07, 6.45) is 2.11. The van der Waals surface area contributed by atoms with E-state index in [9.17, 15) is 9.59 Å². The second-order valence-corrected chi connectivity index (χ2v) is 6.43. The van der Waals surface area contributed by atoms with Crippen LogP contribution in [0.4, 0.5) is 5.69 Å². The highest BCUT2D eigenvalue weighted by Gasteiger charge is 2.23. The number of carbonyl (C=O) groups excluding carboxylic acids is 2. The Morgan fingerprint density at radius 2 is 1.80 bits per heavy atom. The van der Waals surface area contributed by atoms with Crippen molar-refractivity contribution in [3.05, 3.63) is 59.2 Å². The lowest BCUT2D eigenvalue weighted by atomic mass is 10.1. The van der Waals surface area contributed by atoms with E-state index in [1.807, 2.05) is 32.0 Å². The molecule has 1 aliphatic rings. The Morgan fingerprint density at radius 3 is 2.44 bits per heavy atom. The molecule has 3 rings (SSSR count). The summed E-state index contributed by atoms with van der Waals surface area (Å²) in [7, 11) is 0. The van der Waals surface area contributed by atoms with Crippen LogP contribution in [-0.2, 0) is 4.79 Å². The van der Waals surface area contributed by atoms with Gasteiger partial charge in [-0.05, 0) is 62.6 Å². The van der Waals surface area contributed by atoms with Gasteiger partial charge in [-0.25, -0.2) is 0 Å². The molecule has 5 heteroatoms. The summed E-state index contributed by atoms with van der Waals surface area (Å²) in [6, 6.07) is 13.0. The van der Waals surface area contributed by atoms with Crippen LogP contribution in [-0.4, -0.2) is 24.5 Å². The van der Waals surface area contributed by atoms with Gasteiger partial charge in [0, 0.05) is 17.3 Å². The van der Waals surface area contributed by atoms with Crippen molar-refractivity contribution in [3.8, 4) is 5.75 Å². The number of amides is 2. The summed E-state index contributed by atoms with van der Waals surface area (Å²) in [4.78, 5) is 23.9. The number of rotatable bonds is 6. The Morgan fingerprint density at radius 1 is 1.08 bits per heavy atom. The molecule has 0 aromatic heterocycles. The molecule has 1 fully saturated rings. The number of carbonyl (C=O) groups is 2. The molecule has 0 spiro atoms. The lowest BCUT2D eigenvalue weighted by Gasteiger charge is -2.10. The van der Waals surface area contributed by atoms with Gasteiger partial charge in [0.05, 0.1) is 0 Å². The summed E-state index contributed by atoms with van der Waals surface area (Å²) < 4.78 is 5.56. The third-order valence-electron chi connectivity index (χ3n) is 4.03. The number of aryl methyl sites for hydroxylation is 2. The zero-order valence-corrected chi connectivity index (χ0v) is 14.5. The number of hydrogen-bond acceptors (Lipinski definition) is 3. The molecule has 25 heavy (non-hydrogen) atoms. The quantitative estimate of drug-likeness (QED) is 0.850. The van der Waals surface area contributed by atoms with Gasteiger partial charge in [-0.2, -0.15) is 0 Å². The zero-order valence-electron chi connectivity index (χ0n) is 14.5. The van der Waals surface area contributed by atoms with Crippen LogP contribution in [0, 0.1) is 13.8 Å². The van der Waals surface area contributed by atoms with Crippen LogP contribution < -0.4 is 15.4 Å². The number of anilines is 1. The Hall–Kier alpha value is -2.82. The molecule has 0 heterocycles. The van der Waals surface area contributed by atoms with Gasteiger partial charge in [-0.15, -0.1) is 0 Å². The van der Waals surface area contributed by atoms with E-state index in [0.717, 1.165) is 24.0 Å². The Balaban J connectivity index is 1.51. The van der Waals surface area contributed by atoms with Crippen LogP contribution in [0.3, 0.4) is 0 Å². The van der Waals surface area contributed by atoms with Crippen LogP contribution in [0.25, 0.3) is 0 Å². The van der Waals surface area contributed by atoms with Crippen molar-refractivity contribution in [3.63, 3.8) is 0 Å². The molecule has 1 aliphatic carbocycles. The van der Waals surface area contributed by atoms with Gasteiger partial charge >= 0.3 is 0 Å². The van der Waals surface area contributed by atoms with E-state index in [1.54, 1.807) is 24.3 Å². The summed E-state index contributed by atoms with van der Waals surface area (Å²) in [5, 5.41) is 5.70. The fourth-order valence-electron chi connectivity index (χ4n) is 2.50. The van der Waals surface area contributed by atoms with E-state index < -0.39 is 0 Å². The largest absolute Gasteiger partial charge is 0.483 e. The average Bonchev–Trinajstić information content (AvgIpc) is 3.38. The molecule has 2 aromatic carbocycles. The third kappa shape index (κ3) is 4.83. The van der Waals surface area contributed by atoms with Crippen LogP contribution in [0.2, 0.25) is 0 Å². The van der Waals surface area contributed by atoms with Crippen molar-refractivity contribution in [2.24, 2.45) is 0 Å². The third-order valence-corrected chi connectivity index (χ3v) is 4.03. The van der Waals surface area contributed by atoms with E-state index in [4.69, 9.17) is 4.74 Å². The minimum absolute atomic E-state index is 0.0617. The molecule has 0 unspecified atom stereocenters. The topological polar surface area (TPSA) is 67.4 Å². The van der Waals surface area contributed by atoms with Crippen molar-refractivity contribution in [2.75, 3.05) is 11.9 Å². The van der Waals surface area contributed by atoms with Gasteiger partial charge in [0.15, 0.2) is 6.61 Å². The van der Waals surface area contributed by atoms with Gasteiger partial charge in [0.2, 0.25) is 0 Å². The molecule has 0 radical (unpaired) electrons. The molecule has 0 atom stereocenters. The molecule has 0 saturated heterocycles. The maximum atomic E-state index is 12.0. The highest BCUT2D eigenvalue weighted by atomic mass is 16.5. The SMILES string of the molecule is Cc1ccc(OCC(=O)Nc2ccc(C(=O)NC3CC3)cc2)c(C)c1. The predicted molar refractivity (Wildman–Crippen MR) is 97.0 cm³/mol. The Labute approximate surface area is 147 Å². The number of benzene rings is 2. The lowest BCUT2D eigenvalue weighted by molar-refractivity contribution is -0.118. The van der Waals surface area contributed by atoms with Gasteiger partial charge in [0.1, 0.15) is 5.75 Å². The maximum absolute atomic E-state index is 12.0. The fraction of sp³-hybridized carbons (Fsp3) is 0.300. The minimum Gasteiger partial charge on any atom is -0.483 e. The first-order valence-corrected chi connectivity index (χ1v) is 8.42. The molecule has 0 bridgehead atoms. The number of ether oxygens (including phenoxy) is 1. The van der Waals surface area contributed by atoms with Crippen LogP contribution in [0.1, 0.15) is 34.3 Å². The van der Waals surface area contributed by atoms with E-state index >= 15 is 0 Å². The van der Waals surface area contributed by atoms with Gasteiger partial charge in [-0.1, -0.05) is 17.7 Å². The van der Waals surface area contributed by atoms with Crippen LogP contribution in [0.5, 0.6) is 5.75 Å². The molecule has 0 aliphatic heterocycles. The van der Waals surface area contributed by atoms with Crippen molar-refractivity contribution in [1.29, 1.82) is 0 Å². The molecule has 1 saturated carbocycles. The van der Waals surface area contributed by atoms with Crippen molar-refractivity contribution < 1.29 is 14.3 Å². The number of nitrogens with one attached hydrogen (secondary N) is 2. The predicted octanol–water partition coefficient (Wildman–Crippen LogP) is 3.21. The van der Waals surface area contributed by atoms with E-state index in [0.29, 0.717) is 23.0 Å². The van der Waals surface area contributed by atoms with Crippen LogP contribution in [0.15, 0.2) is 42.5 Å². The summed E-state index contributed by atoms with van der Waals surface area (Å²) >= 11 is 0. The molecular formula is C20H22N2O3. The zero-order chi connectivity index (χ0) is 17.8. The first kappa shape index (κ1) is 17.0. The Bertz CT molecular complexity index is 780.